The van der Waals surface area contributed by atoms with E-state index in [0.29, 0.717) is 0 Å². The first-order chi connectivity index (χ1) is 9.99. The van der Waals surface area contributed by atoms with Crippen LogP contribution in [0.2, 0.25) is 0 Å². The van der Waals surface area contributed by atoms with Gasteiger partial charge in [0.05, 0.1) is 5.41 Å². The number of fused-ring (bicyclic) bond motifs is 1. The molecule has 2 aromatic rings. The summed E-state index contributed by atoms with van der Waals surface area (Å²) < 4.78 is 2.16. The van der Waals surface area contributed by atoms with Crippen LogP contribution >= 0.6 is 0 Å². The van der Waals surface area contributed by atoms with Gasteiger partial charge >= 0.3 is 5.97 Å². The number of hydrogen-bond acceptors (Lipinski definition) is 2. The van der Waals surface area contributed by atoms with Gasteiger partial charge < -0.3 is 9.67 Å². The Morgan fingerprint density at radius 1 is 1.29 bits per heavy atom. The van der Waals surface area contributed by atoms with Crippen LogP contribution in [0.15, 0.2) is 30.5 Å². The Morgan fingerprint density at radius 3 is 2.62 bits per heavy atom. The number of carboxylic acids is 1. The lowest BCUT2D eigenvalue weighted by Gasteiger charge is -2.36. The van der Waals surface area contributed by atoms with Crippen molar-refractivity contribution in [3.05, 3.63) is 36.0 Å². The predicted molar refractivity (Wildman–Crippen MR) is 83.2 cm³/mol. The summed E-state index contributed by atoms with van der Waals surface area (Å²) in [5, 5.41) is 10.6. The maximum absolute atomic E-state index is 11.3. The van der Waals surface area contributed by atoms with E-state index in [0.717, 1.165) is 32.5 Å². The average molecular weight is 286 g/mol. The SMILES string of the molecule is Cn1cc(CN2CCC(C)(C(=O)O)CC2)c2ccccc21. The van der Waals surface area contributed by atoms with Gasteiger partial charge in [-0.3, -0.25) is 9.69 Å². The molecule has 3 rings (SSSR count). The van der Waals surface area contributed by atoms with Gasteiger partial charge in [0.15, 0.2) is 0 Å². The minimum Gasteiger partial charge on any atom is -0.481 e. The third kappa shape index (κ3) is 2.56. The smallest absolute Gasteiger partial charge is 0.309 e. The van der Waals surface area contributed by atoms with E-state index in [1.807, 2.05) is 6.92 Å². The van der Waals surface area contributed by atoms with Crippen molar-refractivity contribution in [3.63, 3.8) is 0 Å². The summed E-state index contributed by atoms with van der Waals surface area (Å²) in [5.41, 5.74) is 2.03. The van der Waals surface area contributed by atoms with Crippen LogP contribution in [0.25, 0.3) is 10.9 Å². The Kier molecular flexibility index (Phi) is 3.49. The number of carboxylic acid groups (broad SMARTS) is 1. The van der Waals surface area contributed by atoms with E-state index in [9.17, 15) is 9.90 Å². The molecule has 0 unspecified atom stereocenters. The lowest BCUT2D eigenvalue weighted by atomic mass is 9.80. The number of hydrogen-bond donors (Lipinski definition) is 1. The van der Waals surface area contributed by atoms with Gasteiger partial charge in [-0.2, -0.15) is 0 Å². The first kappa shape index (κ1) is 14.1. The van der Waals surface area contributed by atoms with Crippen molar-refractivity contribution in [1.82, 2.24) is 9.47 Å². The maximum Gasteiger partial charge on any atom is 0.309 e. The van der Waals surface area contributed by atoms with Crippen molar-refractivity contribution < 1.29 is 9.90 Å². The van der Waals surface area contributed by atoms with Crippen LogP contribution in [0.4, 0.5) is 0 Å². The van der Waals surface area contributed by atoms with Crippen LogP contribution in [0.1, 0.15) is 25.3 Å². The van der Waals surface area contributed by atoms with Gasteiger partial charge in [-0.1, -0.05) is 18.2 Å². The van der Waals surface area contributed by atoms with E-state index in [1.54, 1.807) is 0 Å². The molecule has 1 aromatic heterocycles. The van der Waals surface area contributed by atoms with Crippen LogP contribution in [0.3, 0.4) is 0 Å². The fourth-order valence-electron chi connectivity index (χ4n) is 3.21. The number of rotatable bonds is 3. The Morgan fingerprint density at radius 2 is 1.95 bits per heavy atom. The third-order valence-corrected chi connectivity index (χ3v) is 4.85. The molecule has 0 bridgehead atoms. The fourth-order valence-corrected chi connectivity index (χ4v) is 3.21. The largest absolute Gasteiger partial charge is 0.481 e. The molecule has 1 aromatic carbocycles. The zero-order chi connectivity index (χ0) is 15.0. The lowest BCUT2D eigenvalue weighted by Crippen LogP contribution is -2.42. The summed E-state index contributed by atoms with van der Waals surface area (Å²) in [6.07, 6.45) is 3.65. The molecular formula is C17H22N2O2. The second-order valence-electron chi connectivity index (χ2n) is 6.42. The minimum atomic E-state index is -0.660. The van der Waals surface area contributed by atoms with Gasteiger partial charge in [0.1, 0.15) is 0 Å². The highest BCUT2D eigenvalue weighted by Gasteiger charge is 2.36. The molecule has 0 aliphatic carbocycles. The van der Waals surface area contributed by atoms with Crippen LogP contribution < -0.4 is 0 Å². The van der Waals surface area contributed by atoms with Crippen molar-refractivity contribution in [2.24, 2.45) is 12.5 Å². The van der Waals surface area contributed by atoms with Gasteiger partial charge in [-0.25, -0.2) is 0 Å². The normalized spacial score (nSPS) is 19.0. The van der Waals surface area contributed by atoms with Gasteiger partial charge in [-0.15, -0.1) is 0 Å². The Balaban J connectivity index is 1.74. The number of benzene rings is 1. The summed E-state index contributed by atoms with van der Waals surface area (Å²) in [6.45, 7) is 4.47. The topological polar surface area (TPSA) is 45.5 Å². The third-order valence-electron chi connectivity index (χ3n) is 4.85. The highest BCUT2D eigenvalue weighted by Crippen LogP contribution is 2.32. The van der Waals surface area contributed by atoms with E-state index in [2.05, 4.69) is 47.0 Å². The molecule has 0 amide bonds. The molecule has 0 spiro atoms. The number of carbonyl (C=O) groups is 1. The monoisotopic (exact) mass is 286 g/mol. The first-order valence-corrected chi connectivity index (χ1v) is 7.48. The van der Waals surface area contributed by atoms with Crippen molar-refractivity contribution >= 4 is 16.9 Å². The maximum atomic E-state index is 11.3. The number of likely N-dealkylation sites (tertiary alicyclic amines) is 1. The van der Waals surface area contributed by atoms with E-state index < -0.39 is 11.4 Å². The molecule has 4 heteroatoms. The highest BCUT2D eigenvalue weighted by molar-refractivity contribution is 5.83. The average Bonchev–Trinajstić information content (AvgIpc) is 2.79. The molecule has 0 radical (unpaired) electrons. The molecule has 1 aliphatic rings. The number of nitrogens with zero attached hydrogens (tertiary/aromatic N) is 2. The molecule has 0 atom stereocenters. The number of aryl methyl sites for hydroxylation is 1. The molecule has 21 heavy (non-hydrogen) atoms. The molecule has 1 saturated heterocycles. The summed E-state index contributed by atoms with van der Waals surface area (Å²) in [6, 6.07) is 8.43. The van der Waals surface area contributed by atoms with Gasteiger partial charge in [0.25, 0.3) is 0 Å². The molecule has 1 fully saturated rings. The van der Waals surface area contributed by atoms with Crippen LogP contribution in [-0.4, -0.2) is 33.6 Å². The van der Waals surface area contributed by atoms with Crippen molar-refractivity contribution in [2.75, 3.05) is 13.1 Å². The summed E-state index contributed by atoms with van der Waals surface area (Å²) in [5.74, 6) is -0.660. The molecule has 1 aliphatic heterocycles. The number of para-hydroxylation sites is 1. The molecule has 2 heterocycles. The number of aromatic nitrogens is 1. The number of piperidine rings is 1. The minimum absolute atomic E-state index is 0.546. The molecular weight excluding hydrogens is 264 g/mol. The van der Waals surface area contributed by atoms with Crippen molar-refractivity contribution in [1.29, 1.82) is 0 Å². The standard InChI is InChI=1S/C17H22N2O2/c1-17(16(20)21)7-9-19(10-8-17)12-13-11-18(2)15-6-4-3-5-14(13)15/h3-6,11H,7-10,12H2,1-2H3,(H,20,21). The van der Waals surface area contributed by atoms with E-state index in [-0.39, 0.29) is 0 Å². The first-order valence-electron chi connectivity index (χ1n) is 7.48. The highest BCUT2D eigenvalue weighted by atomic mass is 16.4. The van der Waals surface area contributed by atoms with E-state index in [4.69, 9.17) is 0 Å². The lowest BCUT2D eigenvalue weighted by molar-refractivity contribution is -0.150. The van der Waals surface area contributed by atoms with E-state index in [1.165, 1.54) is 16.5 Å². The predicted octanol–water partition coefficient (Wildman–Crippen LogP) is 2.87. The Labute approximate surface area is 125 Å². The zero-order valence-corrected chi connectivity index (χ0v) is 12.7. The molecule has 4 nitrogen and oxygen atoms in total. The second-order valence-corrected chi connectivity index (χ2v) is 6.42. The van der Waals surface area contributed by atoms with Gasteiger partial charge in [0.2, 0.25) is 0 Å². The second kappa shape index (κ2) is 5.19. The van der Waals surface area contributed by atoms with Crippen molar-refractivity contribution in [2.45, 2.75) is 26.3 Å². The zero-order valence-electron chi connectivity index (χ0n) is 12.7. The summed E-state index contributed by atoms with van der Waals surface area (Å²) in [4.78, 5) is 13.7. The summed E-state index contributed by atoms with van der Waals surface area (Å²) in [7, 11) is 2.07. The molecule has 0 saturated carbocycles. The molecule has 112 valence electrons. The molecule has 1 N–H and O–H groups in total. The fraction of sp³-hybridized carbons (Fsp3) is 0.471. The number of aliphatic carboxylic acids is 1. The van der Waals surface area contributed by atoms with Crippen LogP contribution in [-0.2, 0) is 18.4 Å². The van der Waals surface area contributed by atoms with Gasteiger partial charge in [0, 0.05) is 30.7 Å². The van der Waals surface area contributed by atoms with E-state index >= 15 is 0 Å². The summed E-state index contributed by atoms with van der Waals surface area (Å²) >= 11 is 0. The Hall–Kier alpha value is -1.81. The Bertz CT molecular complexity index is 666. The van der Waals surface area contributed by atoms with Gasteiger partial charge in [-0.05, 0) is 44.5 Å². The van der Waals surface area contributed by atoms with Crippen LogP contribution in [0.5, 0.6) is 0 Å². The quantitative estimate of drug-likeness (QED) is 0.943. The van der Waals surface area contributed by atoms with Crippen molar-refractivity contribution in [3.8, 4) is 0 Å². The van der Waals surface area contributed by atoms with Crippen LogP contribution in [0, 0.1) is 5.41 Å².